The minimum atomic E-state index is -1.94. The summed E-state index contributed by atoms with van der Waals surface area (Å²) in [6, 6.07) is 0. The fraction of sp³-hybridized carbons (Fsp3) is 0.909. The molecular formula is C11H23NO3Si. The van der Waals surface area contributed by atoms with Crippen LogP contribution in [0.5, 0.6) is 0 Å². The predicted octanol–water partition coefficient (Wildman–Crippen LogP) is 1.61. The van der Waals surface area contributed by atoms with Gasteiger partial charge in [-0.2, -0.15) is 0 Å². The van der Waals surface area contributed by atoms with E-state index in [9.17, 15) is 9.90 Å². The summed E-state index contributed by atoms with van der Waals surface area (Å²) < 4.78 is 6.05. The molecule has 1 unspecified atom stereocenters. The van der Waals surface area contributed by atoms with E-state index in [4.69, 9.17) is 4.43 Å². The van der Waals surface area contributed by atoms with Crippen molar-refractivity contribution < 1.29 is 14.3 Å². The smallest absolute Gasteiger partial charge is 0.225 e. The molecule has 2 N–H and O–H groups in total. The van der Waals surface area contributed by atoms with E-state index in [0.717, 1.165) is 0 Å². The van der Waals surface area contributed by atoms with Crippen LogP contribution in [0.25, 0.3) is 0 Å². The summed E-state index contributed by atoms with van der Waals surface area (Å²) in [5.74, 6) is -0.145. The van der Waals surface area contributed by atoms with Crippen LogP contribution in [-0.2, 0) is 9.22 Å². The lowest BCUT2D eigenvalue weighted by atomic mass is 10.1. The molecule has 0 saturated carbocycles. The second-order valence-electron chi connectivity index (χ2n) is 6.27. The summed E-state index contributed by atoms with van der Waals surface area (Å²) in [6.45, 7) is 12.2. The molecule has 0 aromatic rings. The van der Waals surface area contributed by atoms with Crippen molar-refractivity contribution in [3.8, 4) is 0 Å². The molecule has 1 fully saturated rings. The van der Waals surface area contributed by atoms with Gasteiger partial charge in [0.25, 0.3) is 0 Å². The lowest BCUT2D eigenvalue weighted by Crippen LogP contribution is -2.52. The van der Waals surface area contributed by atoms with E-state index in [0.29, 0.717) is 0 Å². The number of amides is 1. The third-order valence-electron chi connectivity index (χ3n) is 3.63. The Hall–Kier alpha value is -0.393. The van der Waals surface area contributed by atoms with Gasteiger partial charge in [0.15, 0.2) is 14.0 Å². The lowest BCUT2D eigenvalue weighted by molar-refractivity contribution is -0.121. The first kappa shape index (κ1) is 13.7. The molecule has 1 aliphatic rings. The maximum absolute atomic E-state index is 11.3. The first-order valence-electron chi connectivity index (χ1n) is 5.67. The van der Waals surface area contributed by atoms with E-state index in [1.807, 2.05) is 0 Å². The Morgan fingerprint density at radius 3 is 2.31 bits per heavy atom. The number of carbonyl (C=O) groups excluding carboxylic acids is 1. The SMILES string of the molecule is CC1(O)NC(=O)C[C@@H]1O[Si](C)(C)C(C)(C)C. The minimum absolute atomic E-state index is 0.0781. The number of hydrogen-bond acceptors (Lipinski definition) is 3. The summed E-state index contributed by atoms with van der Waals surface area (Å²) in [6.07, 6.45) is -0.180. The highest BCUT2D eigenvalue weighted by Crippen LogP contribution is 2.39. The van der Waals surface area contributed by atoms with Crippen LogP contribution in [0.3, 0.4) is 0 Å². The molecule has 2 atom stereocenters. The quantitative estimate of drug-likeness (QED) is 0.727. The first-order valence-corrected chi connectivity index (χ1v) is 8.58. The Morgan fingerprint density at radius 1 is 1.50 bits per heavy atom. The van der Waals surface area contributed by atoms with E-state index in [2.05, 4.69) is 39.2 Å². The summed E-state index contributed by atoms with van der Waals surface area (Å²) in [7, 11) is -1.94. The topological polar surface area (TPSA) is 58.6 Å². The highest BCUT2D eigenvalue weighted by molar-refractivity contribution is 6.74. The molecule has 1 amide bonds. The van der Waals surface area contributed by atoms with Crippen LogP contribution < -0.4 is 5.32 Å². The molecule has 94 valence electrons. The standard InChI is InChI=1S/C11H23NO3Si/c1-10(2,3)16(5,6)15-8-7-9(13)12-11(8,4)14/h8,14H,7H2,1-6H3,(H,12,13)/t8-,11?/m0/s1. The van der Waals surface area contributed by atoms with Gasteiger partial charge in [-0.1, -0.05) is 20.8 Å². The normalized spacial score (nSPS) is 31.7. The molecule has 0 radical (unpaired) electrons. The van der Waals surface area contributed by atoms with E-state index >= 15 is 0 Å². The number of nitrogens with one attached hydrogen (secondary N) is 1. The molecule has 0 aromatic heterocycles. The molecule has 0 aromatic carbocycles. The Morgan fingerprint density at radius 2 is 2.00 bits per heavy atom. The Balaban J connectivity index is 2.79. The number of hydrogen-bond donors (Lipinski definition) is 2. The molecule has 0 bridgehead atoms. The number of rotatable bonds is 2. The molecule has 0 aliphatic carbocycles. The van der Waals surface area contributed by atoms with E-state index in [1.54, 1.807) is 6.92 Å². The van der Waals surface area contributed by atoms with Crippen LogP contribution in [0, 0.1) is 0 Å². The minimum Gasteiger partial charge on any atom is -0.409 e. The van der Waals surface area contributed by atoms with Crippen LogP contribution in [0.15, 0.2) is 0 Å². The zero-order chi connectivity index (χ0) is 12.8. The van der Waals surface area contributed by atoms with Gasteiger partial charge in [-0.3, -0.25) is 4.79 Å². The first-order chi connectivity index (χ1) is 6.96. The highest BCUT2D eigenvalue weighted by Gasteiger charge is 2.48. The van der Waals surface area contributed by atoms with Crippen molar-refractivity contribution in [3.63, 3.8) is 0 Å². The van der Waals surface area contributed by atoms with Gasteiger partial charge in [0, 0.05) is 0 Å². The van der Waals surface area contributed by atoms with Crippen molar-refractivity contribution in [3.05, 3.63) is 0 Å². The Kier molecular flexibility index (Phi) is 3.26. The fourth-order valence-corrected chi connectivity index (χ4v) is 2.85. The zero-order valence-electron chi connectivity index (χ0n) is 11.0. The summed E-state index contributed by atoms with van der Waals surface area (Å²) in [5.41, 5.74) is -1.23. The molecule has 5 heteroatoms. The van der Waals surface area contributed by atoms with Crippen LogP contribution in [-0.4, -0.2) is 31.2 Å². The third kappa shape index (κ3) is 2.64. The van der Waals surface area contributed by atoms with Crippen LogP contribution in [0.4, 0.5) is 0 Å². The van der Waals surface area contributed by atoms with Crippen molar-refractivity contribution in [1.29, 1.82) is 0 Å². The van der Waals surface area contributed by atoms with Crippen molar-refractivity contribution >= 4 is 14.2 Å². The largest absolute Gasteiger partial charge is 0.409 e. The second-order valence-corrected chi connectivity index (χ2v) is 11.0. The summed E-state index contributed by atoms with van der Waals surface area (Å²) in [4.78, 5) is 11.3. The van der Waals surface area contributed by atoms with Gasteiger partial charge in [0.05, 0.1) is 6.42 Å². The van der Waals surface area contributed by atoms with E-state index in [1.165, 1.54) is 0 Å². The van der Waals surface area contributed by atoms with E-state index in [-0.39, 0.29) is 17.4 Å². The summed E-state index contributed by atoms with van der Waals surface area (Å²) >= 11 is 0. The average Bonchev–Trinajstić information content (AvgIpc) is 2.20. The van der Waals surface area contributed by atoms with Crippen molar-refractivity contribution in [2.75, 3.05) is 0 Å². The predicted molar refractivity (Wildman–Crippen MR) is 65.5 cm³/mol. The number of aliphatic hydroxyl groups is 1. The molecule has 1 heterocycles. The second kappa shape index (κ2) is 3.82. The van der Waals surface area contributed by atoms with Crippen LogP contribution in [0.2, 0.25) is 18.1 Å². The van der Waals surface area contributed by atoms with Crippen molar-refractivity contribution in [2.45, 2.75) is 64.1 Å². The lowest BCUT2D eigenvalue weighted by Gasteiger charge is -2.40. The van der Waals surface area contributed by atoms with Gasteiger partial charge in [-0.25, -0.2) is 0 Å². The van der Waals surface area contributed by atoms with Crippen LogP contribution >= 0.6 is 0 Å². The van der Waals surface area contributed by atoms with Crippen LogP contribution in [0.1, 0.15) is 34.1 Å². The molecule has 4 nitrogen and oxygen atoms in total. The average molecular weight is 245 g/mol. The van der Waals surface area contributed by atoms with Gasteiger partial charge in [0.2, 0.25) is 5.91 Å². The maximum atomic E-state index is 11.3. The highest BCUT2D eigenvalue weighted by atomic mass is 28.4. The van der Waals surface area contributed by atoms with Crippen molar-refractivity contribution in [1.82, 2.24) is 5.32 Å². The van der Waals surface area contributed by atoms with Gasteiger partial charge < -0.3 is 14.8 Å². The Bertz CT molecular complexity index is 294. The van der Waals surface area contributed by atoms with E-state index < -0.39 is 20.1 Å². The number of carbonyl (C=O) groups is 1. The molecule has 1 rings (SSSR count). The molecule has 1 saturated heterocycles. The van der Waals surface area contributed by atoms with Crippen molar-refractivity contribution in [2.24, 2.45) is 0 Å². The molecular weight excluding hydrogens is 222 g/mol. The fourth-order valence-electron chi connectivity index (χ4n) is 1.47. The van der Waals surface area contributed by atoms with Gasteiger partial charge in [-0.05, 0) is 25.1 Å². The molecule has 1 aliphatic heterocycles. The molecule has 0 spiro atoms. The molecule has 16 heavy (non-hydrogen) atoms. The zero-order valence-corrected chi connectivity index (χ0v) is 12.0. The summed E-state index contributed by atoms with van der Waals surface area (Å²) in [5, 5.41) is 12.6. The van der Waals surface area contributed by atoms with Gasteiger partial charge in [-0.15, -0.1) is 0 Å². The van der Waals surface area contributed by atoms with Gasteiger partial charge >= 0.3 is 0 Å². The maximum Gasteiger partial charge on any atom is 0.225 e. The van der Waals surface area contributed by atoms with Gasteiger partial charge in [0.1, 0.15) is 6.10 Å². The Labute approximate surface area is 98.5 Å². The monoisotopic (exact) mass is 245 g/mol. The third-order valence-corrected chi connectivity index (χ3v) is 8.12.